The quantitative estimate of drug-likeness (QED) is 0.383. The van der Waals surface area contributed by atoms with Crippen LogP contribution in [0, 0.1) is 0 Å². The van der Waals surface area contributed by atoms with Crippen molar-refractivity contribution in [1.29, 1.82) is 0 Å². The minimum absolute atomic E-state index is 0.138. The van der Waals surface area contributed by atoms with Gasteiger partial charge in [-0.15, -0.1) is 0 Å². The number of nitrogens with one attached hydrogen (secondary N) is 1. The summed E-state index contributed by atoms with van der Waals surface area (Å²) in [5.74, 6) is -0.967. The summed E-state index contributed by atoms with van der Waals surface area (Å²) in [7, 11) is 0. The number of nitrogens with zero attached hydrogens (tertiary/aromatic N) is 2. The summed E-state index contributed by atoms with van der Waals surface area (Å²) in [6.45, 7) is 5.03. The highest BCUT2D eigenvalue weighted by Crippen LogP contribution is 2.23. The van der Waals surface area contributed by atoms with Gasteiger partial charge in [0, 0.05) is 26.1 Å². The van der Waals surface area contributed by atoms with Crippen LogP contribution in [0.1, 0.15) is 72.2 Å². The Morgan fingerprint density at radius 2 is 1.53 bits per heavy atom. The topological polar surface area (TPSA) is 86.8 Å². The lowest BCUT2D eigenvalue weighted by Crippen LogP contribution is -2.49. The van der Waals surface area contributed by atoms with Crippen LogP contribution in [0.5, 0.6) is 0 Å². The van der Waals surface area contributed by atoms with Crippen LogP contribution >= 0.6 is 0 Å². The Kier molecular flexibility index (Phi) is 8.96. The first kappa shape index (κ1) is 25.1. The number of unbranched alkanes of at least 4 members (excludes halogenated alkanes) is 1. The third-order valence-electron chi connectivity index (χ3n) is 6.06. The van der Waals surface area contributed by atoms with Crippen molar-refractivity contribution >= 4 is 23.6 Å². The van der Waals surface area contributed by atoms with Gasteiger partial charge >= 0.3 is 0 Å². The Labute approximate surface area is 201 Å². The van der Waals surface area contributed by atoms with Gasteiger partial charge in [0.25, 0.3) is 11.8 Å². The largest absolute Gasteiger partial charge is 0.354 e. The lowest BCUT2D eigenvalue weighted by Gasteiger charge is -2.31. The molecule has 0 unspecified atom stereocenters. The van der Waals surface area contributed by atoms with Gasteiger partial charge in [0.15, 0.2) is 0 Å². The maximum atomic E-state index is 13.3. The van der Waals surface area contributed by atoms with Gasteiger partial charge in [0.1, 0.15) is 6.04 Å². The van der Waals surface area contributed by atoms with Crippen LogP contribution in [0.3, 0.4) is 0 Å². The fourth-order valence-electron chi connectivity index (χ4n) is 4.18. The summed E-state index contributed by atoms with van der Waals surface area (Å²) in [4.78, 5) is 54.2. The van der Waals surface area contributed by atoms with Crippen molar-refractivity contribution in [3.8, 4) is 0 Å². The number of benzene rings is 2. The Morgan fingerprint density at radius 3 is 2.12 bits per heavy atom. The second kappa shape index (κ2) is 12.1. The van der Waals surface area contributed by atoms with E-state index in [9.17, 15) is 19.2 Å². The smallest absolute Gasteiger partial charge is 0.261 e. The van der Waals surface area contributed by atoms with Gasteiger partial charge < -0.3 is 10.2 Å². The molecule has 0 radical (unpaired) electrons. The molecule has 1 aliphatic rings. The summed E-state index contributed by atoms with van der Waals surface area (Å²) in [5.41, 5.74) is 1.75. The van der Waals surface area contributed by atoms with E-state index in [1.54, 1.807) is 29.2 Å². The van der Waals surface area contributed by atoms with Gasteiger partial charge in [0.05, 0.1) is 11.1 Å². The van der Waals surface area contributed by atoms with Crippen LogP contribution in [0.4, 0.5) is 0 Å². The molecule has 0 aliphatic carbocycles. The lowest BCUT2D eigenvalue weighted by atomic mass is 10.1. The van der Waals surface area contributed by atoms with E-state index >= 15 is 0 Å². The molecule has 1 heterocycles. The molecule has 7 heteroatoms. The molecule has 180 valence electrons. The number of carbonyl (C=O) groups is 4. The number of rotatable bonds is 12. The summed E-state index contributed by atoms with van der Waals surface area (Å²) >= 11 is 0. The van der Waals surface area contributed by atoms with Crippen LogP contribution < -0.4 is 5.32 Å². The van der Waals surface area contributed by atoms with Gasteiger partial charge in [-0.05, 0) is 37.0 Å². The number of amides is 4. The minimum atomic E-state index is -0.580. The lowest BCUT2D eigenvalue weighted by molar-refractivity contribution is -0.141. The van der Waals surface area contributed by atoms with E-state index in [1.807, 2.05) is 37.3 Å². The molecule has 2 aromatic rings. The molecule has 0 saturated carbocycles. The van der Waals surface area contributed by atoms with Crippen LogP contribution in [0.25, 0.3) is 0 Å². The molecule has 7 nitrogen and oxygen atoms in total. The zero-order chi connectivity index (χ0) is 24.5. The molecular weight excluding hydrogens is 430 g/mol. The molecule has 4 amide bonds. The fraction of sp³-hybridized carbons (Fsp3) is 0.407. The van der Waals surface area contributed by atoms with Gasteiger partial charge in [-0.2, -0.15) is 0 Å². The highest BCUT2D eigenvalue weighted by Gasteiger charge is 2.35. The second-order valence-corrected chi connectivity index (χ2v) is 8.49. The standard InChI is InChI=1S/C27H33N3O4/c1-3-5-17-28-25(32)23(4-2)30(19-20-12-7-6-8-13-20)24(31)16-11-18-29-26(33)21-14-9-10-15-22(21)27(29)34/h6-10,12-15,23H,3-5,11,16-19H2,1-2H3,(H,28,32)/t23-/m0/s1. The molecule has 1 aliphatic heterocycles. The predicted molar refractivity (Wildman–Crippen MR) is 130 cm³/mol. The second-order valence-electron chi connectivity index (χ2n) is 8.49. The average Bonchev–Trinajstić information content (AvgIpc) is 3.09. The van der Waals surface area contributed by atoms with Crippen LogP contribution in [0.2, 0.25) is 0 Å². The molecule has 0 saturated heterocycles. The van der Waals surface area contributed by atoms with Crippen LogP contribution in [0.15, 0.2) is 54.6 Å². The van der Waals surface area contributed by atoms with Crippen molar-refractivity contribution in [1.82, 2.24) is 15.1 Å². The maximum absolute atomic E-state index is 13.3. The molecule has 0 bridgehead atoms. The number of hydrogen-bond donors (Lipinski definition) is 1. The average molecular weight is 464 g/mol. The molecule has 1 N–H and O–H groups in total. The summed E-state index contributed by atoms with van der Waals surface area (Å²) in [5, 5.41) is 2.95. The summed E-state index contributed by atoms with van der Waals surface area (Å²) in [6.07, 6.45) is 2.83. The van der Waals surface area contributed by atoms with E-state index < -0.39 is 6.04 Å². The summed E-state index contributed by atoms with van der Waals surface area (Å²) in [6, 6.07) is 15.8. The third-order valence-corrected chi connectivity index (χ3v) is 6.06. The van der Waals surface area contributed by atoms with E-state index in [0.29, 0.717) is 37.1 Å². The van der Waals surface area contributed by atoms with Gasteiger partial charge in [-0.3, -0.25) is 24.1 Å². The Hall–Kier alpha value is -3.48. The Balaban J connectivity index is 1.66. The van der Waals surface area contributed by atoms with E-state index in [-0.39, 0.29) is 36.6 Å². The number of carbonyl (C=O) groups excluding carboxylic acids is 4. The van der Waals surface area contributed by atoms with Crippen LogP contribution in [-0.4, -0.2) is 52.6 Å². The third kappa shape index (κ3) is 5.90. The first-order valence-corrected chi connectivity index (χ1v) is 12.0. The van der Waals surface area contributed by atoms with Crippen molar-refractivity contribution in [3.63, 3.8) is 0 Å². The first-order chi connectivity index (χ1) is 16.5. The van der Waals surface area contributed by atoms with Crippen LogP contribution in [-0.2, 0) is 16.1 Å². The van der Waals surface area contributed by atoms with Crippen molar-refractivity contribution in [2.24, 2.45) is 0 Å². The first-order valence-electron chi connectivity index (χ1n) is 12.0. The number of fused-ring (bicyclic) bond motifs is 1. The molecule has 0 aromatic heterocycles. The monoisotopic (exact) mass is 463 g/mol. The Morgan fingerprint density at radius 1 is 0.912 bits per heavy atom. The molecule has 0 fully saturated rings. The molecule has 3 rings (SSSR count). The van der Waals surface area contributed by atoms with E-state index in [1.165, 1.54) is 4.90 Å². The number of hydrogen-bond acceptors (Lipinski definition) is 4. The molecule has 1 atom stereocenters. The molecule has 34 heavy (non-hydrogen) atoms. The van der Waals surface area contributed by atoms with Crippen molar-refractivity contribution in [2.45, 2.75) is 58.5 Å². The maximum Gasteiger partial charge on any atom is 0.261 e. The van der Waals surface area contributed by atoms with Crippen molar-refractivity contribution in [3.05, 3.63) is 71.3 Å². The highest BCUT2D eigenvalue weighted by molar-refractivity contribution is 6.21. The minimum Gasteiger partial charge on any atom is -0.354 e. The molecular formula is C27H33N3O4. The predicted octanol–water partition coefficient (Wildman–Crippen LogP) is 3.79. The zero-order valence-corrected chi connectivity index (χ0v) is 20.0. The SMILES string of the molecule is CCCCNC(=O)[C@H](CC)N(Cc1ccccc1)C(=O)CCCN1C(=O)c2ccccc2C1=O. The van der Waals surface area contributed by atoms with Gasteiger partial charge in [0.2, 0.25) is 11.8 Å². The molecule has 2 aromatic carbocycles. The zero-order valence-electron chi connectivity index (χ0n) is 20.0. The Bertz CT molecular complexity index is 987. The summed E-state index contributed by atoms with van der Waals surface area (Å²) < 4.78 is 0. The normalized spacial score (nSPS) is 13.5. The van der Waals surface area contributed by atoms with E-state index in [0.717, 1.165) is 18.4 Å². The highest BCUT2D eigenvalue weighted by atomic mass is 16.2. The van der Waals surface area contributed by atoms with E-state index in [4.69, 9.17) is 0 Å². The van der Waals surface area contributed by atoms with E-state index in [2.05, 4.69) is 12.2 Å². The van der Waals surface area contributed by atoms with Crippen molar-refractivity contribution < 1.29 is 19.2 Å². The van der Waals surface area contributed by atoms with Gasteiger partial charge in [-0.1, -0.05) is 62.7 Å². The van der Waals surface area contributed by atoms with Crippen molar-refractivity contribution in [2.75, 3.05) is 13.1 Å². The van der Waals surface area contributed by atoms with Gasteiger partial charge in [-0.25, -0.2) is 0 Å². The molecule has 0 spiro atoms. The number of imide groups is 1. The fourth-order valence-corrected chi connectivity index (χ4v) is 4.18.